The summed E-state index contributed by atoms with van der Waals surface area (Å²) < 4.78 is 6.52. The first-order valence-corrected chi connectivity index (χ1v) is 6.00. The summed E-state index contributed by atoms with van der Waals surface area (Å²) in [5.41, 5.74) is 1.81. The number of carbonyl (C=O) groups is 1. The Bertz CT molecular complexity index is 566. The molecule has 7 nitrogen and oxygen atoms in total. The van der Waals surface area contributed by atoms with Crippen LogP contribution in [0.1, 0.15) is 5.56 Å². The number of anilines is 1. The second kappa shape index (κ2) is 6.14. The van der Waals surface area contributed by atoms with Gasteiger partial charge in [-0.05, 0) is 24.6 Å². The third-order valence-electron chi connectivity index (χ3n) is 2.58. The van der Waals surface area contributed by atoms with Crippen LogP contribution in [0.4, 0.5) is 5.82 Å². The van der Waals surface area contributed by atoms with Gasteiger partial charge in [0.2, 0.25) is 5.91 Å². The number of pyridine rings is 1. The Morgan fingerprint density at radius 1 is 1.47 bits per heavy atom. The van der Waals surface area contributed by atoms with Crippen molar-refractivity contribution in [2.45, 2.75) is 6.92 Å². The van der Waals surface area contributed by atoms with Gasteiger partial charge in [-0.15, -0.1) is 0 Å². The molecule has 7 heteroatoms. The van der Waals surface area contributed by atoms with E-state index in [0.29, 0.717) is 13.2 Å². The van der Waals surface area contributed by atoms with Crippen molar-refractivity contribution in [2.24, 2.45) is 0 Å². The Balaban J connectivity index is 1.97. The molecule has 2 N–H and O–H groups in total. The second-order valence-electron chi connectivity index (χ2n) is 4.14. The first-order chi connectivity index (χ1) is 9.20. The van der Waals surface area contributed by atoms with Gasteiger partial charge in [0.15, 0.2) is 5.65 Å². The molecule has 0 aliphatic rings. The molecule has 0 aliphatic carbocycles. The van der Waals surface area contributed by atoms with Crippen LogP contribution in [0.25, 0.3) is 5.65 Å². The first-order valence-electron chi connectivity index (χ1n) is 6.00. The van der Waals surface area contributed by atoms with Crippen LogP contribution < -0.4 is 10.6 Å². The molecule has 2 rings (SSSR count). The monoisotopic (exact) mass is 263 g/mol. The molecule has 0 fully saturated rings. The molecule has 2 aromatic heterocycles. The molecule has 1 amide bonds. The number of ether oxygens (including phenoxy) is 1. The van der Waals surface area contributed by atoms with E-state index in [0.717, 1.165) is 17.0 Å². The van der Waals surface area contributed by atoms with E-state index in [9.17, 15) is 4.79 Å². The topological polar surface area (TPSA) is 80.5 Å². The molecule has 102 valence electrons. The fourth-order valence-electron chi connectivity index (χ4n) is 1.71. The predicted octanol–water partition coefficient (Wildman–Crippen LogP) is 0.212. The molecule has 0 unspecified atom stereocenters. The van der Waals surface area contributed by atoms with Crippen LogP contribution >= 0.6 is 0 Å². The lowest BCUT2D eigenvalue weighted by atomic mass is 10.3. The van der Waals surface area contributed by atoms with Crippen molar-refractivity contribution in [1.29, 1.82) is 0 Å². The Hall–Kier alpha value is -2.15. The maximum Gasteiger partial charge on any atom is 0.239 e. The average molecular weight is 263 g/mol. The number of hydrogen-bond acceptors (Lipinski definition) is 5. The fourth-order valence-corrected chi connectivity index (χ4v) is 1.71. The highest BCUT2D eigenvalue weighted by Gasteiger charge is 2.06. The summed E-state index contributed by atoms with van der Waals surface area (Å²) in [7, 11) is 1.60. The molecule has 0 spiro atoms. The van der Waals surface area contributed by atoms with Gasteiger partial charge in [-0.25, -0.2) is 4.98 Å². The van der Waals surface area contributed by atoms with Crippen LogP contribution in [0.15, 0.2) is 18.5 Å². The van der Waals surface area contributed by atoms with E-state index in [-0.39, 0.29) is 12.5 Å². The van der Waals surface area contributed by atoms with Gasteiger partial charge in [-0.1, -0.05) is 0 Å². The third-order valence-corrected chi connectivity index (χ3v) is 2.58. The molecule has 0 bridgehead atoms. The lowest BCUT2D eigenvalue weighted by Crippen LogP contribution is -2.32. The quantitative estimate of drug-likeness (QED) is 0.728. The summed E-state index contributed by atoms with van der Waals surface area (Å²) in [6.07, 6.45) is 1.48. The highest BCUT2D eigenvalue weighted by molar-refractivity contribution is 5.80. The number of amides is 1. The molecule has 2 heterocycles. The van der Waals surface area contributed by atoms with Gasteiger partial charge in [0.05, 0.1) is 13.2 Å². The van der Waals surface area contributed by atoms with Gasteiger partial charge in [-0.2, -0.15) is 9.61 Å². The molecule has 0 saturated heterocycles. The van der Waals surface area contributed by atoms with Crippen molar-refractivity contribution in [1.82, 2.24) is 19.9 Å². The number of aromatic nitrogens is 3. The van der Waals surface area contributed by atoms with E-state index in [1.54, 1.807) is 11.6 Å². The zero-order valence-electron chi connectivity index (χ0n) is 11.0. The summed E-state index contributed by atoms with van der Waals surface area (Å²) in [4.78, 5) is 15.7. The summed E-state index contributed by atoms with van der Waals surface area (Å²) in [6, 6.07) is 3.85. The maximum atomic E-state index is 11.6. The molecule has 0 atom stereocenters. The Morgan fingerprint density at radius 2 is 2.32 bits per heavy atom. The molecule has 0 aliphatic heterocycles. The van der Waals surface area contributed by atoms with Crippen LogP contribution in [0, 0.1) is 6.92 Å². The molecule has 0 radical (unpaired) electrons. The molecular weight excluding hydrogens is 246 g/mol. The molecule has 0 aromatic carbocycles. The van der Waals surface area contributed by atoms with Crippen LogP contribution in [0.2, 0.25) is 0 Å². The van der Waals surface area contributed by atoms with E-state index >= 15 is 0 Å². The smallest absolute Gasteiger partial charge is 0.239 e. The van der Waals surface area contributed by atoms with Crippen molar-refractivity contribution in [3.8, 4) is 0 Å². The minimum Gasteiger partial charge on any atom is -0.383 e. The van der Waals surface area contributed by atoms with E-state index < -0.39 is 0 Å². The zero-order chi connectivity index (χ0) is 13.7. The number of hydrogen-bond donors (Lipinski definition) is 2. The largest absolute Gasteiger partial charge is 0.383 e. The number of fused-ring (bicyclic) bond motifs is 1. The first kappa shape index (κ1) is 13.3. The predicted molar refractivity (Wildman–Crippen MR) is 71.1 cm³/mol. The van der Waals surface area contributed by atoms with Crippen LogP contribution in [0.3, 0.4) is 0 Å². The number of carbonyl (C=O) groups excluding carboxylic acids is 1. The minimum absolute atomic E-state index is 0.0909. The minimum atomic E-state index is -0.0909. The lowest BCUT2D eigenvalue weighted by Gasteiger charge is -2.09. The highest BCUT2D eigenvalue weighted by Crippen LogP contribution is 2.12. The fraction of sp³-hybridized carbons (Fsp3) is 0.417. The van der Waals surface area contributed by atoms with Crippen molar-refractivity contribution >= 4 is 17.4 Å². The molecule has 2 aromatic rings. The Kier molecular flexibility index (Phi) is 4.30. The Labute approximate surface area is 111 Å². The normalized spacial score (nSPS) is 10.6. The number of methoxy groups -OCH3 is 1. The standard InChI is InChI=1S/C12H17N5O2/c1-9-5-10(17-11(6-9)15-8-16-17)14-7-12(18)13-3-4-19-2/h5-6,8,14H,3-4,7H2,1-2H3,(H,13,18). The van der Waals surface area contributed by atoms with Crippen molar-refractivity contribution in [3.63, 3.8) is 0 Å². The van der Waals surface area contributed by atoms with Crippen LogP contribution in [-0.2, 0) is 9.53 Å². The van der Waals surface area contributed by atoms with Gasteiger partial charge >= 0.3 is 0 Å². The van der Waals surface area contributed by atoms with Crippen molar-refractivity contribution in [3.05, 3.63) is 24.0 Å². The lowest BCUT2D eigenvalue weighted by molar-refractivity contribution is -0.119. The van der Waals surface area contributed by atoms with Gasteiger partial charge < -0.3 is 15.4 Å². The summed E-state index contributed by atoms with van der Waals surface area (Å²) >= 11 is 0. The number of rotatable bonds is 6. The third kappa shape index (κ3) is 3.41. The average Bonchev–Trinajstić information content (AvgIpc) is 2.84. The van der Waals surface area contributed by atoms with Crippen molar-refractivity contribution < 1.29 is 9.53 Å². The van der Waals surface area contributed by atoms with Gasteiger partial charge in [-0.3, -0.25) is 4.79 Å². The van der Waals surface area contributed by atoms with Gasteiger partial charge in [0.25, 0.3) is 0 Å². The highest BCUT2D eigenvalue weighted by atomic mass is 16.5. The molecular formula is C12H17N5O2. The summed E-state index contributed by atoms with van der Waals surface area (Å²) in [5.74, 6) is 0.654. The second-order valence-corrected chi connectivity index (χ2v) is 4.14. The van der Waals surface area contributed by atoms with E-state index in [2.05, 4.69) is 20.7 Å². The Morgan fingerprint density at radius 3 is 3.11 bits per heavy atom. The van der Waals surface area contributed by atoms with Crippen LogP contribution in [-0.4, -0.2) is 47.3 Å². The maximum absolute atomic E-state index is 11.6. The van der Waals surface area contributed by atoms with Crippen LogP contribution in [0.5, 0.6) is 0 Å². The van der Waals surface area contributed by atoms with E-state index in [1.165, 1.54) is 6.33 Å². The molecule has 19 heavy (non-hydrogen) atoms. The van der Waals surface area contributed by atoms with Gasteiger partial charge in [0.1, 0.15) is 12.1 Å². The number of aryl methyl sites for hydroxylation is 1. The molecule has 0 saturated carbocycles. The SMILES string of the molecule is COCCNC(=O)CNc1cc(C)cc2ncnn12. The van der Waals surface area contributed by atoms with E-state index in [1.807, 2.05) is 19.1 Å². The zero-order valence-corrected chi connectivity index (χ0v) is 11.0. The summed E-state index contributed by atoms with van der Waals surface area (Å²) in [5, 5.41) is 9.89. The number of nitrogens with zero attached hydrogens (tertiary/aromatic N) is 3. The van der Waals surface area contributed by atoms with Crippen molar-refractivity contribution in [2.75, 3.05) is 32.1 Å². The number of nitrogens with one attached hydrogen (secondary N) is 2. The van der Waals surface area contributed by atoms with Gasteiger partial charge in [0, 0.05) is 13.7 Å². The summed E-state index contributed by atoms with van der Waals surface area (Å²) in [6.45, 7) is 3.16. The van der Waals surface area contributed by atoms with E-state index in [4.69, 9.17) is 4.74 Å².